The number of rotatable bonds is 7. The monoisotopic (exact) mass is 355 g/mol. The molecule has 2 N–H and O–H groups in total. The quantitative estimate of drug-likeness (QED) is 0.787. The Morgan fingerprint density at radius 3 is 2.35 bits per heavy atom. The molecule has 0 aromatic heterocycles. The molecule has 0 saturated heterocycles. The normalized spacial score (nSPS) is 11.3. The minimum atomic E-state index is -0.973. The second kappa shape index (κ2) is 8.04. The highest BCUT2D eigenvalue weighted by Crippen LogP contribution is 2.25. The van der Waals surface area contributed by atoms with E-state index in [9.17, 15) is 14.7 Å². The van der Waals surface area contributed by atoms with E-state index in [-0.39, 0.29) is 18.4 Å². The lowest BCUT2D eigenvalue weighted by atomic mass is 9.85. The zero-order valence-corrected chi connectivity index (χ0v) is 15.6. The van der Waals surface area contributed by atoms with Gasteiger partial charge in [-0.25, -0.2) is 0 Å². The first kappa shape index (κ1) is 19.5. The van der Waals surface area contributed by atoms with Gasteiger partial charge in [-0.2, -0.15) is 0 Å². The lowest BCUT2D eigenvalue weighted by Crippen LogP contribution is -2.28. The van der Waals surface area contributed by atoms with Crippen molar-refractivity contribution in [1.82, 2.24) is 0 Å². The first-order valence-electron chi connectivity index (χ1n) is 8.58. The predicted molar refractivity (Wildman–Crippen MR) is 102 cm³/mol. The summed E-state index contributed by atoms with van der Waals surface area (Å²) < 4.78 is 5.64. The number of carboxylic acids is 1. The number of amides is 1. The lowest BCUT2D eigenvalue weighted by molar-refractivity contribution is -0.142. The van der Waals surface area contributed by atoms with Crippen molar-refractivity contribution in [2.75, 3.05) is 5.32 Å². The van der Waals surface area contributed by atoms with Gasteiger partial charge in [-0.05, 0) is 63.1 Å². The Balaban J connectivity index is 2.01. The van der Waals surface area contributed by atoms with Gasteiger partial charge in [0.05, 0.1) is 17.9 Å². The van der Waals surface area contributed by atoms with Gasteiger partial charge in [0.2, 0.25) is 5.91 Å². The molecule has 0 heterocycles. The van der Waals surface area contributed by atoms with Crippen LogP contribution >= 0.6 is 0 Å². The Bertz CT molecular complexity index is 779. The van der Waals surface area contributed by atoms with E-state index in [1.165, 1.54) is 0 Å². The number of anilines is 1. The molecule has 2 aromatic carbocycles. The minimum absolute atomic E-state index is 0.0765. The number of ether oxygens (including phenoxy) is 1. The number of carboxylic acid groups (broad SMARTS) is 1. The van der Waals surface area contributed by atoms with Crippen LogP contribution in [-0.4, -0.2) is 23.1 Å². The molecule has 0 unspecified atom stereocenters. The van der Waals surface area contributed by atoms with Gasteiger partial charge in [-0.1, -0.05) is 24.3 Å². The van der Waals surface area contributed by atoms with Crippen LogP contribution in [0.1, 0.15) is 38.8 Å². The summed E-state index contributed by atoms with van der Waals surface area (Å²) >= 11 is 0. The summed E-state index contributed by atoms with van der Waals surface area (Å²) in [5.41, 5.74) is 1.21. The van der Waals surface area contributed by atoms with Crippen molar-refractivity contribution >= 4 is 17.6 Å². The van der Waals surface area contributed by atoms with Crippen LogP contribution in [0.2, 0.25) is 0 Å². The molecule has 1 amide bonds. The third-order valence-electron chi connectivity index (χ3n) is 4.06. The van der Waals surface area contributed by atoms with Crippen molar-refractivity contribution in [3.63, 3.8) is 0 Å². The highest BCUT2D eigenvalue weighted by Gasteiger charge is 2.29. The molecule has 0 aliphatic carbocycles. The van der Waals surface area contributed by atoms with Gasteiger partial charge in [0.15, 0.2) is 0 Å². The van der Waals surface area contributed by atoms with Crippen LogP contribution in [0.3, 0.4) is 0 Å². The molecular formula is C21H25NO4. The van der Waals surface area contributed by atoms with Crippen LogP contribution in [-0.2, 0) is 21.4 Å². The number of carbonyl (C=O) groups excluding carboxylic acids is 1. The highest BCUT2D eigenvalue weighted by molar-refractivity contribution is 5.92. The van der Waals surface area contributed by atoms with Gasteiger partial charge < -0.3 is 15.2 Å². The molecule has 138 valence electrons. The SMILES string of the molecule is CC(C)Oc1cccc(CC(=O)Nc2ccc(C(C)(C)C(=O)O)cc2)c1. The van der Waals surface area contributed by atoms with Crippen LogP contribution in [0.5, 0.6) is 5.75 Å². The number of hydrogen-bond donors (Lipinski definition) is 2. The Labute approximate surface area is 154 Å². The smallest absolute Gasteiger partial charge is 0.313 e. The fraction of sp³-hybridized carbons (Fsp3) is 0.333. The van der Waals surface area contributed by atoms with Crippen molar-refractivity contribution in [3.8, 4) is 5.75 Å². The van der Waals surface area contributed by atoms with Crippen LogP contribution in [0, 0.1) is 0 Å². The van der Waals surface area contributed by atoms with Crippen LogP contribution in [0.15, 0.2) is 48.5 Å². The molecule has 0 fully saturated rings. The zero-order chi connectivity index (χ0) is 19.3. The molecule has 26 heavy (non-hydrogen) atoms. The van der Waals surface area contributed by atoms with Gasteiger partial charge in [-0.3, -0.25) is 9.59 Å². The van der Waals surface area contributed by atoms with Gasteiger partial charge >= 0.3 is 5.97 Å². The molecule has 0 aliphatic heterocycles. The topological polar surface area (TPSA) is 75.6 Å². The summed E-state index contributed by atoms with van der Waals surface area (Å²) in [7, 11) is 0. The molecule has 2 rings (SSSR count). The van der Waals surface area contributed by atoms with Crippen molar-refractivity contribution < 1.29 is 19.4 Å². The minimum Gasteiger partial charge on any atom is -0.491 e. The Morgan fingerprint density at radius 1 is 1.12 bits per heavy atom. The van der Waals surface area contributed by atoms with Crippen molar-refractivity contribution in [2.24, 2.45) is 0 Å². The number of carbonyl (C=O) groups is 2. The van der Waals surface area contributed by atoms with Gasteiger partial charge in [-0.15, -0.1) is 0 Å². The Kier molecular flexibility index (Phi) is 6.03. The first-order valence-corrected chi connectivity index (χ1v) is 8.58. The molecule has 0 bridgehead atoms. The van der Waals surface area contributed by atoms with Gasteiger partial charge in [0, 0.05) is 5.69 Å². The van der Waals surface area contributed by atoms with E-state index < -0.39 is 11.4 Å². The molecule has 5 nitrogen and oxygen atoms in total. The number of aliphatic carboxylic acids is 1. The Hall–Kier alpha value is -2.82. The summed E-state index contributed by atoms with van der Waals surface area (Å²) in [4.78, 5) is 23.6. The fourth-order valence-corrected chi connectivity index (χ4v) is 2.49. The molecule has 5 heteroatoms. The van der Waals surface area contributed by atoms with Crippen LogP contribution in [0.4, 0.5) is 5.69 Å². The maximum atomic E-state index is 12.3. The van der Waals surface area contributed by atoms with E-state index in [4.69, 9.17) is 4.74 Å². The molecular weight excluding hydrogens is 330 g/mol. The molecule has 0 radical (unpaired) electrons. The maximum Gasteiger partial charge on any atom is 0.313 e. The van der Waals surface area contributed by atoms with Crippen LogP contribution < -0.4 is 10.1 Å². The van der Waals surface area contributed by atoms with Crippen molar-refractivity contribution in [2.45, 2.75) is 45.6 Å². The predicted octanol–water partition coefficient (Wildman–Crippen LogP) is 4.02. The van der Waals surface area contributed by atoms with Crippen molar-refractivity contribution in [1.29, 1.82) is 0 Å². The summed E-state index contributed by atoms with van der Waals surface area (Å²) in [5, 5.41) is 12.1. The molecule has 0 saturated carbocycles. The van der Waals surface area contributed by atoms with E-state index in [0.29, 0.717) is 11.3 Å². The molecule has 0 atom stereocenters. The average Bonchev–Trinajstić information content (AvgIpc) is 2.54. The second-order valence-corrected chi connectivity index (χ2v) is 7.05. The van der Waals surface area contributed by atoms with E-state index in [1.54, 1.807) is 38.1 Å². The summed E-state index contributed by atoms with van der Waals surface area (Å²) in [6, 6.07) is 14.4. The summed E-state index contributed by atoms with van der Waals surface area (Å²) in [6.07, 6.45) is 0.310. The van der Waals surface area contributed by atoms with E-state index >= 15 is 0 Å². The maximum absolute atomic E-state index is 12.3. The average molecular weight is 355 g/mol. The van der Waals surface area contributed by atoms with Crippen molar-refractivity contribution in [3.05, 3.63) is 59.7 Å². The zero-order valence-electron chi connectivity index (χ0n) is 15.6. The molecule has 0 spiro atoms. The number of nitrogens with one attached hydrogen (secondary N) is 1. The summed E-state index contributed by atoms with van der Waals surface area (Å²) in [6.45, 7) is 7.20. The molecule has 0 aliphatic rings. The molecule has 2 aromatic rings. The van der Waals surface area contributed by atoms with Gasteiger partial charge in [0.25, 0.3) is 0 Å². The third-order valence-corrected chi connectivity index (χ3v) is 4.06. The number of hydrogen-bond acceptors (Lipinski definition) is 3. The lowest BCUT2D eigenvalue weighted by Gasteiger charge is -2.19. The van der Waals surface area contributed by atoms with Gasteiger partial charge in [0.1, 0.15) is 5.75 Å². The summed E-state index contributed by atoms with van der Waals surface area (Å²) in [5.74, 6) is -0.291. The van der Waals surface area contributed by atoms with Crippen LogP contribution in [0.25, 0.3) is 0 Å². The third kappa shape index (κ3) is 5.09. The standard InChI is InChI=1S/C21H25NO4/c1-14(2)26-18-7-5-6-15(12-18)13-19(23)22-17-10-8-16(9-11-17)21(3,4)20(24)25/h5-12,14H,13H2,1-4H3,(H,22,23)(H,24,25). The second-order valence-electron chi connectivity index (χ2n) is 7.05. The largest absolute Gasteiger partial charge is 0.491 e. The van der Waals surface area contributed by atoms with E-state index in [1.807, 2.05) is 38.1 Å². The first-order chi connectivity index (χ1) is 12.2. The number of benzene rings is 2. The fourth-order valence-electron chi connectivity index (χ4n) is 2.49. The van der Waals surface area contributed by atoms with E-state index in [0.717, 1.165) is 11.3 Å². The Morgan fingerprint density at radius 2 is 1.77 bits per heavy atom. The highest BCUT2D eigenvalue weighted by atomic mass is 16.5. The van der Waals surface area contributed by atoms with E-state index in [2.05, 4.69) is 5.32 Å².